The molecule has 1 heterocycles. The fourth-order valence-corrected chi connectivity index (χ4v) is 1.67. The van der Waals surface area contributed by atoms with Crippen molar-refractivity contribution in [2.45, 2.75) is 6.54 Å². The molecule has 0 saturated heterocycles. The van der Waals surface area contributed by atoms with Crippen LogP contribution >= 0.6 is 0 Å². The van der Waals surface area contributed by atoms with Gasteiger partial charge in [0.2, 0.25) is 0 Å². The first-order valence-electron chi connectivity index (χ1n) is 4.51. The second-order valence-electron chi connectivity index (χ2n) is 3.12. The Bertz CT molecular complexity index is 512. The van der Waals surface area contributed by atoms with Crippen molar-refractivity contribution in [1.82, 2.24) is 4.57 Å². The summed E-state index contributed by atoms with van der Waals surface area (Å²) in [5.74, 6) is 2.65. The minimum absolute atomic E-state index is 0.592. The standard InChI is InChI=1S/C13H11N/c1-3-9-14-12(4-2)10-11-7-5-6-8-13(11)14/h1,4-8,10H,2,9H2. The zero-order valence-electron chi connectivity index (χ0n) is 7.90. The summed E-state index contributed by atoms with van der Waals surface area (Å²) in [7, 11) is 0. The summed E-state index contributed by atoms with van der Waals surface area (Å²) in [6.45, 7) is 4.37. The SMILES string of the molecule is C#CCn1c(C=C)cc2ccccc21. The zero-order chi connectivity index (χ0) is 9.97. The van der Waals surface area contributed by atoms with Crippen LogP contribution in [-0.2, 0) is 6.54 Å². The van der Waals surface area contributed by atoms with E-state index < -0.39 is 0 Å². The number of nitrogens with zero attached hydrogens (tertiary/aromatic N) is 1. The molecular weight excluding hydrogens is 170 g/mol. The predicted molar refractivity (Wildman–Crippen MR) is 60.9 cm³/mol. The molecule has 0 aliphatic heterocycles. The van der Waals surface area contributed by atoms with E-state index in [2.05, 4.69) is 35.3 Å². The predicted octanol–water partition coefficient (Wildman–Crippen LogP) is 2.92. The number of hydrogen-bond donors (Lipinski definition) is 0. The molecule has 1 nitrogen and oxygen atoms in total. The highest BCUT2D eigenvalue weighted by atomic mass is 15.0. The molecule has 0 fully saturated rings. The highest BCUT2D eigenvalue weighted by Gasteiger charge is 2.03. The van der Waals surface area contributed by atoms with Crippen LogP contribution in [0, 0.1) is 12.3 Å². The average molecular weight is 181 g/mol. The van der Waals surface area contributed by atoms with E-state index in [-0.39, 0.29) is 0 Å². The van der Waals surface area contributed by atoms with Crippen molar-refractivity contribution in [1.29, 1.82) is 0 Å². The lowest BCUT2D eigenvalue weighted by Gasteiger charge is -2.02. The van der Waals surface area contributed by atoms with E-state index in [9.17, 15) is 0 Å². The number of rotatable bonds is 2. The van der Waals surface area contributed by atoms with E-state index in [0.717, 1.165) is 5.69 Å². The van der Waals surface area contributed by atoms with E-state index in [1.807, 2.05) is 18.2 Å². The van der Waals surface area contributed by atoms with Crippen LogP contribution < -0.4 is 0 Å². The van der Waals surface area contributed by atoms with Gasteiger partial charge in [-0.05, 0) is 18.2 Å². The van der Waals surface area contributed by atoms with Crippen molar-refractivity contribution >= 4 is 17.0 Å². The lowest BCUT2D eigenvalue weighted by molar-refractivity contribution is 0.875. The smallest absolute Gasteiger partial charge is 0.0840 e. The van der Waals surface area contributed by atoms with E-state index in [4.69, 9.17) is 6.42 Å². The summed E-state index contributed by atoms with van der Waals surface area (Å²) in [4.78, 5) is 0. The molecule has 68 valence electrons. The Kier molecular flexibility index (Phi) is 2.12. The Labute approximate surface area is 83.7 Å². The van der Waals surface area contributed by atoms with Gasteiger partial charge in [-0.3, -0.25) is 0 Å². The third-order valence-electron chi connectivity index (χ3n) is 2.30. The van der Waals surface area contributed by atoms with Gasteiger partial charge in [0.1, 0.15) is 0 Å². The first-order valence-corrected chi connectivity index (χ1v) is 4.51. The maximum Gasteiger partial charge on any atom is 0.0840 e. The van der Waals surface area contributed by atoms with Crippen molar-refractivity contribution in [3.8, 4) is 12.3 Å². The van der Waals surface area contributed by atoms with Gasteiger partial charge >= 0.3 is 0 Å². The molecule has 1 aromatic carbocycles. The molecule has 0 saturated carbocycles. The van der Waals surface area contributed by atoms with Crippen molar-refractivity contribution in [2.24, 2.45) is 0 Å². The highest BCUT2D eigenvalue weighted by molar-refractivity contribution is 5.83. The monoisotopic (exact) mass is 181 g/mol. The van der Waals surface area contributed by atoms with Crippen molar-refractivity contribution in [3.63, 3.8) is 0 Å². The summed E-state index contributed by atoms with van der Waals surface area (Å²) in [6.07, 6.45) is 7.16. The minimum atomic E-state index is 0.592. The summed E-state index contributed by atoms with van der Waals surface area (Å²) in [5, 5.41) is 1.21. The fraction of sp³-hybridized carbons (Fsp3) is 0.0769. The maximum atomic E-state index is 5.33. The number of benzene rings is 1. The van der Waals surface area contributed by atoms with Gasteiger partial charge in [0.25, 0.3) is 0 Å². The quantitative estimate of drug-likeness (QED) is 0.628. The van der Waals surface area contributed by atoms with Crippen LogP contribution in [0.5, 0.6) is 0 Å². The van der Waals surface area contributed by atoms with Crippen molar-refractivity contribution < 1.29 is 0 Å². The molecule has 0 radical (unpaired) electrons. The maximum absolute atomic E-state index is 5.33. The molecule has 1 aromatic heterocycles. The number of para-hydroxylation sites is 1. The first-order chi connectivity index (χ1) is 6.86. The van der Waals surface area contributed by atoms with Crippen LogP contribution in [0.15, 0.2) is 36.9 Å². The molecule has 2 aromatic rings. The Balaban J connectivity index is 2.75. The van der Waals surface area contributed by atoms with E-state index in [1.165, 1.54) is 10.9 Å². The van der Waals surface area contributed by atoms with Gasteiger partial charge in [-0.15, -0.1) is 6.42 Å². The summed E-state index contributed by atoms with van der Waals surface area (Å²) >= 11 is 0. The highest BCUT2D eigenvalue weighted by Crippen LogP contribution is 2.20. The Morgan fingerprint density at radius 3 is 2.93 bits per heavy atom. The molecule has 0 amide bonds. The van der Waals surface area contributed by atoms with E-state index >= 15 is 0 Å². The molecule has 0 spiro atoms. The second kappa shape index (κ2) is 3.43. The van der Waals surface area contributed by atoms with Gasteiger partial charge < -0.3 is 4.57 Å². The minimum Gasteiger partial charge on any atom is -0.329 e. The summed E-state index contributed by atoms with van der Waals surface area (Å²) in [5.41, 5.74) is 2.24. The number of terminal acetylenes is 1. The van der Waals surface area contributed by atoms with Crippen LogP contribution in [0.4, 0.5) is 0 Å². The van der Waals surface area contributed by atoms with Gasteiger partial charge in [-0.1, -0.05) is 30.7 Å². The van der Waals surface area contributed by atoms with Crippen molar-refractivity contribution in [3.05, 3.63) is 42.6 Å². The Morgan fingerprint density at radius 1 is 1.43 bits per heavy atom. The zero-order valence-corrected chi connectivity index (χ0v) is 7.90. The van der Waals surface area contributed by atoms with E-state index in [1.54, 1.807) is 0 Å². The molecule has 0 bridgehead atoms. The molecule has 2 rings (SSSR count). The topological polar surface area (TPSA) is 4.93 Å². The van der Waals surface area contributed by atoms with Crippen LogP contribution in [-0.4, -0.2) is 4.57 Å². The number of aromatic nitrogens is 1. The molecule has 0 aliphatic rings. The lowest BCUT2D eigenvalue weighted by Crippen LogP contribution is -1.96. The second-order valence-corrected chi connectivity index (χ2v) is 3.12. The summed E-state index contributed by atoms with van der Waals surface area (Å²) < 4.78 is 2.09. The van der Waals surface area contributed by atoms with Crippen LogP contribution in [0.3, 0.4) is 0 Å². The fourth-order valence-electron chi connectivity index (χ4n) is 1.67. The molecule has 0 atom stereocenters. The van der Waals surface area contributed by atoms with Gasteiger partial charge in [0.15, 0.2) is 0 Å². The summed E-state index contributed by atoms with van der Waals surface area (Å²) in [6, 6.07) is 10.3. The molecule has 1 heteroatoms. The Hall–Kier alpha value is -1.94. The Morgan fingerprint density at radius 2 is 2.21 bits per heavy atom. The normalized spacial score (nSPS) is 9.93. The largest absolute Gasteiger partial charge is 0.329 e. The third-order valence-corrected chi connectivity index (χ3v) is 2.30. The van der Waals surface area contributed by atoms with Gasteiger partial charge in [0.05, 0.1) is 6.54 Å². The third kappa shape index (κ3) is 1.22. The van der Waals surface area contributed by atoms with Crippen molar-refractivity contribution in [2.75, 3.05) is 0 Å². The molecule has 0 aliphatic carbocycles. The number of hydrogen-bond acceptors (Lipinski definition) is 0. The molecular formula is C13H11N. The van der Waals surface area contributed by atoms with Gasteiger partial charge in [-0.25, -0.2) is 0 Å². The molecule has 0 unspecified atom stereocenters. The van der Waals surface area contributed by atoms with Crippen LogP contribution in [0.25, 0.3) is 17.0 Å². The average Bonchev–Trinajstić information content (AvgIpc) is 2.58. The molecule has 0 N–H and O–H groups in total. The lowest BCUT2D eigenvalue weighted by atomic mass is 10.2. The number of fused-ring (bicyclic) bond motifs is 1. The molecule has 14 heavy (non-hydrogen) atoms. The van der Waals surface area contributed by atoms with Gasteiger partial charge in [0, 0.05) is 16.6 Å². The van der Waals surface area contributed by atoms with Crippen LogP contribution in [0.2, 0.25) is 0 Å². The first kappa shape index (κ1) is 8.65. The van der Waals surface area contributed by atoms with E-state index in [0.29, 0.717) is 6.54 Å². The van der Waals surface area contributed by atoms with Gasteiger partial charge in [-0.2, -0.15) is 0 Å². The van der Waals surface area contributed by atoms with Crippen LogP contribution in [0.1, 0.15) is 5.69 Å².